The van der Waals surface area contributed by atoms with Crippen LogP contribution in [0.3, 0.4) is 0 Å². The number of rotatable bonds is 5. The molecule has 0 aromatic carbocycles. The molecule has 0 aliphatic carbocycles. The highest BCUT2D eigenvalue weighted by Gasteiger charge is 2.15. The number of aromatic nitrogens is 6. The molecule has 0 bridgehead atoms. The van der Waals surface area contributed by atoms with Gasteiger partial charge in [0.15, 0.2) is 17.3 Å². The molecule has 1 aliphatic heterocycles. The minimum Gasteiger partial charge on any atom is -0.354 e. The third-order valence-electron chi connectivity index (χ3n) is 5.39. The first-order chi connectivity index (χ1) is 16.3. The zero-order valence-electron chi connectivity index (χ0n) is 19.3. The minimum absolute atomic E-state index is 0.384. The Labute approximate surface area is 198 Å². The van der Waals surface area contributed by atoms with E-state index in [0.29, 0.717) is 23.2 Å². The van der Waals surface area contributed by atoms with Crippen LogP contribution in [0.15, 0.2) is 53.3 Å². The predicted molar refractivity (Wildman–Crippen MR) is 134 cm³/mol. The molecular weight excluding hydrogens is 452 g/mol. The van der Waals surface area contributed by atoms with E-state index in [1.165, 1.54) is 0 Å². The number of hydrogen-bond donors (Lipinski definition) is 1. The van der Waals surface area contributed by atoms with Crippen LogP contribution in [-0.2, 0) is 9.73 Å². The van der Waals surface area contributed by atoms with Crippen molar-refractivity contribution in [1.29, 1.82) is 0 Å². The van der Waals surface area contributed by atoms with Crippen molar-refractivity contribution in [1.82, 2.24) is 34.6 Å². The Hall–Kier alpha value is -3.64. The lowest BCUT2D eigenvalue weighted by atomic mass is 10.3. The number of anilines is 3. The fraction of sp³-hybridized carbons (Fsp3) is 0.318. The van der Waals surface area contributed by atoms with E-state index >= 15 is 0 Å². The summed E-state index contributed by atoms with van der Waals surface area (Å²) in [5.41, 5.74) is 1.39. The summed E-state index contributed by atoms with van der Waals surface area (Å²) >= 11 is 0. The average Bonchev–Trinajstić information content (AvgIpc) is 3.23. The molecule has 12 heteroatoms. The van der Waals surface area contributed by atoms with E-state index in [1.807, 2.05) is 12.1 Å². The molecule has 34 heavy (non-hydrogen) atoms. The van der Waals surface area contributed by atoms with Crippen LogP contribution in [-0.4, -0.2) is 84.6 Å². The summed E-state index contributed by atoms with van der Waals surface area (Å²) < 4.78 is 17.8. The highest BCUT2D eigenvalue weighted by molar-refractivity contribution is 7.92. The molecule has 1 saturated heterocycles. The van der Waals surface area contributed by atoms with Crippen molar-refractivity contribution in [2.75, 3.05) is 56.0 Å². The molecule has 0 atom stereocenters. The lowest BCUT2D eigenvalue weighted by Gasteiger charge is -2.33. The molecule has 4 aromatic rings. The maximum atomic E-state index is 12.0. The van der Waals surface area contributed by atoms with Gasteiger partial charge in [0.1, 0.15) is 5.82 Å². The third kappa shape index (κ3) is 4.97. The van der Waals surface area contributed by atoms with Crippen LogP contribution in [0, 0.1) is 0 Å². The van der Waals surface area contributed by atoms with Crippen molar-refractivity contribution in [3.05, 3.63) is 48.9 Å². The molecule has 0 spiro atoms. The second-order valence-corrected chi connectivity index (χ2v) is 11.0. The van der Waals surface area contributed by atoms with Gasteiger partial charge in [-0.2, -0.15) is 19.1 Å². The number of hydrogen-bond acceptors (Lipinski definition) is 10. The number of piperazine rings is 1. The quantitative estimate of drug-likeness (QED) is 0.461. The Balaban J connectivity index is 1.38. The molecule has 4 aromatic heterocycles. The van der Waals surface area contributed by atoms with Gasteiger partial charge in [-0.25, -0.2) is 19.2 Å². The molecule has 1 N–H and O–H groups in total. The fourth-order valence-electron chi connectivity index (χ4n) is 3.66. The Morgan fingerprint density at radius 2 is 1.76 bits per heavy atom. The minimum atomic E-state index is -2.32. The van der Waals surface area contributed by atoms with Gasteiger partial charge in [-0.1, -0.05) is 6.07 Å². The summed E-state index contributed by atoms with van der Waals surface area (Å²) in [6.45, 7) is 4.00. The Bertz CT molecular complexity index is 1430. The van der Waals surface area contributed by atoms with E-state index in [0.717, 1.165) is 43.1 Å². The topological polar surface area (TPSA) is 117 Å². The van der Waals surface area contributed by atoms with Gasteiger partial charge < -0.3 is 15.1 Å². The lowest BCUT2D eigenvalue weighted by Crippen LogP contribution is -2.44. The van der Waals surface area contributed by atoms with Gasteiger partial charge >= 0.3 is 0 Å². The summed E-state index contributed by atoms with van der Waals surface area (Å²) in [6.07, 6.45) is 8.32. The summed E-state index contributed by atoms with van der Waals surface area (Å²) in [7, 11) is -0.188. The van der Waals surface area contributed by atoms with Crippen LogP contribution in [0.5, 0.6) is 0 Å². The number of pyridine rings is 2. The first-order valence-corrected chi connectivity index (χ1v) is 13.2. The van der Waals surface area contributed by atoms with Crippen molar-refractivity contribution < 1.29 is 4.21 Å². The maximum Gasteiger partial charge on any atom is 0.229 e. The van der Waals surface area contributed by atoms with E-state index < -0.39 is 9.73 Å². The van der Waals surface area contributed by atoms with E-state index in [2.05, 4.69) is 51.6 Å². The van der Waals surface area contributed by atoms with E-state index in [-0.39, 0.29) is 0 Å². The second kappa shape index (κ2) is 8.95. The van der Waals surface area contributed by atoms with Crippen molar-refractivity contribution in [2.45, 2.75) is 0 Å². The molecule has 5 rings (SSSR count). The number of likely N-dealkylation sites (N-methyl/N-ethyl adjacent to an activating group) is 1. The van der Waals surface area contributed by atoms with Crippen LogP contribution in [0.2, 0.25) is 0 Å². The monoisotopic (exact) mass is 478 g/mol. The fourth-order valence-corrected chi connectivity index (χ4v) is 4.22. The Kier molecular flexibility index (Phi) is 5.84. The van der Waals surface area contributed by atoms with Crippen LogP contribution in [0.4, 0.5) is 23.3 Å². The second-order valence-electron chi connectivity index (χ2n) is 8.48. The average molecular weight is 479 g/mol. The van der Waals surface area contributed by atoms with Gasteiger partial charge in [0.2, 0.25) is 5.95 Å². The van der Waals surface area contributed by atoms with Crippen LogP contribution < -0.4 is 10.2 Å². The zero-order valence-corrected chi connectivity index (χ0v) is 20.1. The predicted octanol–water partition coefficient (Wildman–Crippen LogP) is 2.46. The van der Waals surface area contributed by atoms with Crippen molar-refractivity contribution in [3.63, 3.8) is 0 Å². The molecule has 1 aliphatic rings. The Morgan fingerprint density at radius 3 is 2.50 bits per heavy atom. The van der Waals surface area contributed by atoms with Gasteiger partial charge in [-0.15, -0.1) is 0 Å². The third-order valence-corrected chi connectivity index (χ3v) is 6.02. The van der Waals surface area contributed by atoms with Crippen LogP contribution in [0.25, 0.3) is 16.9 Å². The first kappa shape index (κ1) is 22.2. The summed E-state index contributed by atoms with van der Waals surface area (Å²) in [5.74, 6) is 2.31. The highest BCUT2D eigenvalue weighted by atomic mass is 32.2. The molecular formula is C22H26N10OS. The molecule has 0 saturated carbocycles. The van der Waals surface area contributed by atoms with Gasteiger partial charge in [-0.05, 0) is 31.3 Å². The van der Waals surface area contributed by atoms with Gasteiger partial charge in [0.25, 0.3) is 0 Å². The van der Waals surface area contributed by atoms with E-state index in [4.69, 9.17) is 0 Å². The van der Waals surface area contributed by atoms with Crippen molar-refractivity contribution in [3.8, 4) is 5.82 Å². The smallest absolute Gasteiger partial charge is 0.229 e. The summed E-state index contributed by atoms with van der Waals surface area (Å²) in [5, 5.41) is 8.40. The van der Waals surface area contributed by atoms with Crippen molar-refractivity contribution >= 4 is 44.0 Å². The van der Waals surface area contributed by atoms with E-state index in [1.54, 1.807) is 54.0 Å². The van der Waals surface area contributed by atoms with Crippen LogP contribution >= 0.6 is 0 Å². The molecule has 0 radical (unpaired) electrons. The zero-order chi connectivity index (χ0) is 23.7. The summed E-state index contributed by atoms with van der Waals surface area (Å²) in [4.78, 5) is 22.7. The number of nitrogens with zero attached hydrogens (tertiary/aromatic N) is 9. The molecule has 0 unspecified atom stereocenters. The molecule has 1 fully saturated rings. The first-order valence-electron chi connectivity index (χ1n) is 10.9. The SMILES string of the molecule is CN1CCN(c2ccc(Nc3ncc4cnn(-c5cccc(N=S(C)(C)=O)n5)c4n3)cn2)CC1. The largest absolute Gasteiger partial charge is 0.354 e. The lowest BCUT2D eigenvalue weighted by molar-refractivity contribution is 0.312. The maximum absolute atomic E-state index is 12.0. The van der Waals surface area contributed by atoms with Crippen LogP contribution in [0.1, 0.15) is 0 Å². The summed E-state index contributed by atoms with van der Waals surface area (Å²) in [6, 6.07) is 9.30. The van der Waals surface area contributed by atoms with Gasteiger partial charge in [-0.3, -0.25) is 0 Å². The van der Waals surface area contributed by atoms with Crippen molar-refractivity contribution in [2.24, 2.45) is 4.36 Å². The molecule has 11 nitrogen and oxygen atoms in total. The number of nitrogens with one attached hydrogen (secondary N) is 1. The highest BCUT2D eigenvalue weighted by Crippen LogP contribution is 2.21. The standard InChI is InChI=1S/C22H26N10OS/c1-30-9-11-31(12-10-30)19-8-7-17(15-23-19)26-22-24-13-16-14-25-32(21(16)28-22)20-6-4-5-18(27-20)29-34(2,3)33/h4-8,13-15H,9-12H2,1-3H3,(H,24,26,28). The van der Waals surface area contributed by atoms with Gasteiger partial charge in [0, 0.05) is 54.6 Å². The Morgan fingerprint density at radius 1 is 0.941 bits per heavy atom. The van der Waals surface area contributed by atoms with E-state index in [9.17, 15) is 4.21 Å². The van der Waals surface area contributed by atoms with Gasteiger partial charge in [0.05, 0.1) is 23.5 Å². The number of fused-ring (bicyclic) bond motifs is 1. The molecule has 176 valence electrons. The molecule has 5 heterocycles. The molecule has 0 amide bonds. The normalized spacial score (nSPS) is 15.0.